The van der Waals surface area contributed by atoms with Crippen LogP contribution in [0.1, 0.15) is 48.0 Å². The Morgan fingerprint density at radius 1 is 1.29 bits per heavy atom. The first-order valence-electron chi connectivity index (χ1n) is 7.55. The lowest BCUT2D eigenvalue weighted by Crippen LogP contribution is -2.37. The zero-order chi connectivity index (χ0) is 14.3. The van der Waals surface area contributed by atoms with E-state index < -0.39 is 5.54 Å². The van der Waals surface area contributed by atoms with Crippen LogP contribution in [0.15, 0.2) is 28.8 Å². The summed E-state index contributed by atoms with van der Waals surface area (Å²) in [7, 11) is 0. The number of hydrogen-bond donors (Lipinski definition) is 1. The summed E-state index contributed by atoms with van der Waals surface area (Å²) in [5.74, 6) is 1.49. The monoisotopic (exact) mass is 285 g/mol. The van der Waals surface area contributed by atoms with Gasteiger partial charge in [-0.15, -0.1) is 0 Å². The Morgan fingerprint density at radius 2 is 2.19 bits per heavy atom. The summed E-state index contributed by atoms with van der Waals surface area (Å²) in [6, 6.07) is 8.53. The van der Waals surface area contributed by atoms with Crippen molar-refractivity contribution >= 4 is 0 Å². The van der Waals surface area contributed by atoms with Gasteiger partial charge in [-0.1, -0.05) is 29.4 Å². The van der Waals surface area contributed by atoms with Crippen molar-refractivity contribution in [1.29, 1.82) is 0 Å². The minimum atomic E-state index is -0.612. The number of nitrogens with zero attached hydrogens (tertiary/aromatic N) is 2. The van der Waals surface area contributed by atoms with Gasteiger partial charge in [-0.3, -0.25) is 0 Å². The largest absolute Gasteiger partial charge is 0.379 e. The Balaban J connectivity index is 1.68. The molecule has 0 amide bonds. The molecule has 0 radical (unpaired) electrons. The Morgan fingerprint density at radius 3 is 3.05 bits per heavy atom. The SMILES string of the molecule is NC1(c2nc(C3CCCc4ccccc43)no2)CCOC1. The summed E-state index contributed by atoms with van der Waals surface area (Å²) >= 11 is 0. The lowest BCUT2D eigenvalue weighted by Gasteiger charge is -2.22. The highest BCUT2D eigenvalue weighted by molar-refractivity contribution is 5.36. The van der Waals surface area contributed by atoms with Crippen LogP contribution in [0, 0.1) is 0 Å². The number of rotatable bonds is 2. The smallest absolute Gasteiger partial charge is 0.249 e. The quantitative estimate of drug-likeness (QED) is 0.914. The summed E-state index contributed by atoms with van der Waals surface area (Å²) < 4.78 is 10.8. The normalized spacial score (nSPS) is 28.5. The first kappa shape index (κ1) is 13.0. The van der Waals surface area contributed by atoms with Gasteiger partial charge in [0.25, 0.3) is 0 Å². The molecule has 5 nitrogen and oxygen atoms in total. The van der Waals surface area contributed by atoms with E-state index in [0.29, 0.717) is 19.1 Å². The van der Waals surface area contributed by atoms with Crippen molar-refractivity contribution < 1.29 is 9.26 Å². The molecular weight excluding hydrogens is 266 g/mol. The maximum Gasteiger partial charge on any atom is 0.249 e. The number of aryl methyl sites for hydroxylation is 1. The number of nitrogens with two attached hydrogens (primary N) is 1. The molecule has 5 heteroatoms. The van der Waals surface area contributed by atoms with Gasteiger partial charge in [-0.25, -0.2) is 0 Å². The lowest BCUT2D eigenvalue weighted by molar-refractivity contribution is 0.166. The molecule has 2 unspecified atom stereocenters. The highest BCUT2D eigenvalue weighted by Crippen LogP contribution is 2.36. The maximum absolute atomic E-state index is 6.30. The molecule has 2 heterocycles. The lowest BCUT2D eigenvalue weighted by atomic mass is 9.82. The van der Waals surface area contributed by atoms with Crippen LogP contribution in [-0.4, -0.2) is 23.4 Å². The van der Waals surface area contributed by atoms with E-state index in [-0.39, 0.29) is 5.92 Å². The zero-order valence-corrected chi connectivity index (χ0v) is 11.9. The van der Waals surface area contributed by atoms with Gasteiger partial charge in [0.1, 0.15) is 5.54 Å². The predicted octanol–water partition coefficient (Wildman–Crippen LogP) is 2.11. The highest BCUT2D eigenvalue weighted by atomic mass is 16.5. The summed E-state index contributed by atoms with van der Waals surface area (Å²) in [6.07, 6.45) is 4.08. The van der Waals surface area contributed by atoms with Gasteiger partial charge in [0, 0.05) is 12.5 Å². The summed E-state index contributed by atoms with van der Waals surface area (Å²) in [5.41, 5.74) is 8.40. The Labute approximate surface area is 123 Å². The minimum Gasteiger partial charge on any atom is -0.379 e. The van der Waals surface area contributed by atoms with E-state index in [0.717, 1.165) is 31.5 Å². The van der Waals surface area contributed by atoms with Crippen molar-refractivity contribution in [2.75, 3.05) is 13.2 Å². The van der Waals surface area contributed by atoms with Crippen LogP contribution in [0.2, 0.25) is 0 Å². The maximum atomic E-state index is 6.30. The number of benzene rings is 1. The van der Waals surface area contributed by atoms with Crippen LogP contribution >= 0.6 is 0 Å². The first-order chi connectivity index (χ1) is 10.3. The van der Waals surface area contributed by atoms with E-state index in [2.05, 4.69) is 34.4 Å². The third-order valence-corrected chi connectivity index (χ3v) is 4.60. The fraction of sp³-hybridized carbons (Fsp3) is 0.500. The zero-order valence-electron chi connectivity index (χ0n) is 11.9. The molecule has 21 heavy (non-hydrogen) atoms. The summed E-state index contributed by atoms with van der Waals surface area (Å²) in [5, 5.41) is 4.21. The molecule has 2 aromatic rings. The van der Waals surface area contributed by atoms with Crippen molar-refractivity contribution in [3.63, 3.8) is 0 Å². The molecule has 1 saturated heterocycles. The molecular formula is C16H19N3O2. The second kappa shape index (κ2) is 4.93. The second-order valence-corrected chi connectivity index (χ2v) is 6.06. The number of hydrogen-bond acceptors (Lipinski definition) is 5. The molecule has 1 aromatic carbocycles. The van der Waals surface area contributed by atoms with Crippen molar-refractivity contribution in [2.24, 2.45) is 5.73 Å². The van der Waals surface area contributed by atoms with Crippen molar-refractivity contribution in [1.82, 2.24) is 10.1 Å². The molecule has 1 aliphatic heterocycles. The van der Waals surface area contributed by atoms with E-state index in [1.165, 1.54) is 11.1 Å². The molecule has 2 N–H and O–H groups in total. The molecule has 0 bridgehead atoms. The van der Waals surface area contributed by atoms with E-state index in [1.807, 2.05) is 0 Å². The minimum absolute atomic E-state index is 0.221. The Kier molecular flexibility index (Phi) is 3.05. The Bertz CT molecular complexity index is 646. The predicted molar refractivity (Wildman–Crippen MR) is 76.8 cm³/mol. The third kappa shape index (κ3) is 2.17. The molecule has 0 saturated carbocycles. The van der Waals surface area contributed by atoms with Gasteiger partial charge in [0.15, 0.2) is 5.82 Å². The molecule has 0 spiro atoms. The van der Waals surface area contributed by atoms with Crippen LogP contribution < -0.4 is 5.73 Å². The van der Waals surface area contributed by atoms with E-state index >= 15 is 0 Å². The number of aromatic nitrogens is 2. The van der Waals surface area contributed by atoms with Crippen LogP contribution in [-0.2, 0) is 16.7 Å². The van der Waals surface area contributed by atoms with Gasteiger partial charge in [0.2, 0.25) is 5.89 Å². The van der Waals surface area contributed by atoms with Gasteiger partial charge < -0.3 is 15.0 Å². The molecule has 110 valence electrons. The fourth-order valence-corrected chi connectivity index (χ4v) is 3.35. The molecule has 1 aliphatic carbocycles. The Hall–Kier alpha value is -1.72. The van der Waals surface area contributed by atoms with Gasteiger partial charge >= 0.3 is 0 Å². The number of ether oxygens (including phenoxy) is 1. The molecule has 4 rings (SSSR count). The van der Waals surface area contributed by atoms with Crippen LogP contribution in [0.4, 0.5) is 0 Å². The molecule has 2 atom stereocenters. The van der Waals surface area contributed by atoms with Crippen LogP contribution in [0.3, 0.4) is 0 Å². The summed E-state index contributed by atoms with van der Waals surface area (Å²) in [4.78, 5) is 4.60. The van der Waals surface area contributed by atoms with E-state index in [1.54, 1.807) is 0 Å². The second-order valence-electron chi connectivity index (χ2n) is 6.06. The summed E-state index contributed by atoms with van der Waals surface area (Å²) in [6.45, 7) is 1.11. The topological polar surface area (TPSA) is 74.2 Å². The van der Waals surface area contributed by atoms with Crippen molar-refractivity contribution in [3.05, 3.63) is 47.1 Å². The van der Waals surface area contributed by atoms with Crippen LogP contribution in [0.25, 0.3) is 0 Å². The standard InChI is InChI=1S/C16H19N3O2/c17-16(8-9-20-10-16)15-18-14(19-21-15)13-7-3-5-11-4-1-2-6-12(11)13/h1-2,4,6,13H,3,5,7-10,17H2. The molecule has 2 aliphatic rings. The first-order valence-corrected chi connectivity index (χ1v) is 7.55. The fourth-order valence-electron chi connectivity index (χ4n) is 3.35. The van der Waals surface area contributed by atoms with E-state index in [4.69, 9.17) is 15.0 Å². The molecule has 1 aromatic heterocycles. The van der Waals surface area contributed by atoms with Crippen molar-refractivity contribution in [2.45, 2.75) is 37.1 Å². The van der Waals surface area contributed by atoms with Gasteiger partial charge in [-0.2, -0.15) is 4.98 Å². The molecule has 1 fully saturated rings. The van der Waals surface area contributed by atoms with Gasteiger partial charge in [0.05, 0.1) is 6.61 Å². The van der Waals surface area contributed by atoms with E-state index in [9.17, 15) is 0 Å². The number of fused-ring (bicyclic) bond motifs is 1. The average Bonchev–Trinajstić information content (AvgIpc) is 3.16. The average molecular weight is 285 g/mol. The van der Waals surface area contributed by atoms with Crippen LogP contribution in [0.5, 0.6) is 0 Å². The van der Waals surface area contributed by atoms with Gasteiger partial charge in [-0.05, 0) is 36.8 Å². The highest BCUT2D eigenvalue weighted by Gasteiger charge is 2.39. The van der Waals surface area contributed by atoms with Crippen molar-refractivity contribution in [3.8, 4) is 0 Å². The third-order valence-electron chi connectivity index (χ3n) is 4.60.